The van der Waals surface area contributed by atoms with E-state index in [-0.39, 0.29) is 5.91 Å². The van der Waals surface area contributed by atoms with Crippen LogP contribution >= 0.6 is 0 Å². The Morgan fingerprint density at radius 1 is 1.12 bits per heavy atom. The molecule has 0 saturated carbocycles. The van der Waals surface area contributed by atoms with Crippen LogP contribution < -0.4 is 15.0 Å². The van der Waals surface area contributed by atoms with E-state index in [4.69, 9.17) is 4.74 Å². The van der Waals surface area contributed by atoms with E-state index in [1.807, 2.05) is 24.3 Å². The molecule has 0 bridgehead atoms. The second kappa shape index (κ2) is 7.31. The molecule has 1 fully saturated rings. The van der Waals surface area contributed by atoms with Crippen molar-refractivity contribution in [3.63, 3.8) is 0 Å². The molecule has 6 nitrogen and oxygen atoms in total. The van der Waals surface area contributed by atoms with Crippen LogP contribution in [0.3, 0.4) is 0 Å². The normalized spacial score (nSPS) is 15.2. The van der Waals surface area contributed by atoms with Crippen molar-refractivity contribution in [3.05, 3.63) is 48.3 Å². The molecule has 1 aliphatic rings. The number of piperazine rings is 1. The van der Waals surface area contributed by atoms with Gasteiger partial charge in [0.05, 0.1) is 7.11 Å². The lowest BCUT2D eigenvalue weighted by molar-refractivity contribution is 0.102. The highest BCUT2D eigenvalue weighted by molar-refractivity contribution is 6.03. The van der Waals surface area contributed by atoms with E-state index in [2.05, 4.69) is 27.1 Å². The highest BCUT2D eigenvalue weighted by atomic mass is 16.5. The summed E-state index contributed by atoms with van der Waals surface area (Å²) in [5.41, 5.74) is 2.17. The number of hydrogen-bond acceptors (Lipinski definition) is 5. The van der Waals surface area contributed by atoms with Crippen LogP contribution in [0.25, 0.3) is 0 Å². The number of ether oxygens (including phenoxy) is 1. The van der Waals surface area contributed by atoms with Crippen LogP contribution in [-0.2, 0) is 0 Å². The molecule has 2 aromatic rings. The van der Waals surface area contributed by atoms with E-state index < -0.39 is 0 Å². The second-order valence-corrected chi connectivity index (χ2v) is 5.87. The van der Waals surface area contributed by atoms with Crippen molar-refractivity contribution in [2.45, 2.75) is 0 Å². The average molecular weight is 326 g/mol. The molecule has 3 rings (SSSR count). The Hall–Kier alpha value is -2.60. The monoisotopic (exact) mass is 326 g/mol. The molecular weight excluding hydrogens is 304 g/mol. The quantitative estimate of drug-likeness (QED) is 0.932. The smallest absolute Gasteiger partial charge is 0.274 e. The van der Waals surface area contributed by atoms with E-state index in [9.17, 15) is 4.79 Å². The van der Waals surface area contributed by atoms with E-state index in [1.54, 1.807) is 25.4 Å². The Bertz CT molecular complexity index is 694. The zero-order chi connectivity index (χ0) is 16.9. The van der Waals surface area contributed by atoms with Gasteiger partial charge in [-0.15, -0.1) is 0 Å². The summed E-state index contributed by atoms with van der Waals surface area (Å²) in [4.78, 5) is 21.2. The Balaban J connectivity index is 1.69. The minimum Gasteiger partial charge on any atom is -0.497 e. The van der Waals surface area contributed by atoms with Gasteiger partial charge in [0, 0.05) is 43.8 Å². The van der Waals surface area contributed by atoms with E-state index in [0.717, 1.165) is 37.6 Å². The molecule has 1 saturated heterocycles. The van der Waals surface area contributed by atoms with Crippen molar-refractivity contribution in [2.75, 3.05) is 50.6 Å². The van der Waals surface area contributed by atoms with E-state index in [0.29, 0.717) is 11.4 Å². The van der Waals surface area contributed by atoms with Gasteiger partial charge in [-0.1, -0.05) is 0 Å². The number of benzene rings is 1. The summed E-state index contributed by atoms with van der Waals surface area (Å²) in [6.45, 7) is 3.96. The predicted octanol–water partition coefficient (Wildman–Crippen LogP) is 2.09. The molecule has 1 aromatic heterocycles. The fraction of sp³-hybridized carbons (Fsp3) is 0.333. The number of carbonyl (C=O) groups is 1. The van der Waals surface area contributed by atoms with Gasteiger partial charge in [0.2, 0.25) is 0 Å². The number of amides is 1. The first-order chi connectivity index (χ1) is 11.7. The minimum absolute atomic E-state index is 0.212. The van der Waals surface area contributed by atoms with Crippen LogP contribution in [0.5, 0.6) is 5.75 Å². The molecule has 1 amide bonds. The molecule has 2 heterocycles. The van der Waals surface area contributed by atoms with E-state index >= 15 is 0 Å². The third-order valence-electron chi connectivity index (χ3n) is 4.19. The van der Waals surface area contributed by atoms with Gasteiger partial charge in [0.15, 0.2) is 0 Å². The Labute approximate surface area is 142 Å². The van der Waals surface area contributed by atoms with Crippen LogP contribution in [0, 0.1) is 0 Å². The zero-order valence-electron chi connectivity index (χ0n) is 14.0. The first-order valence-electron chi connectivity index (χ1n) is 8.00. The van der Waals surface area contributed by atoms with Gasteiger partial charge < -0.3 is 19.9 Å². The summed E-state index contributed by atoms with van der Waals surface area (Å²) in [5, 5.41) is 2.86. The number of methoxy groups -OCH3 is 1. The average Bonchev–Trinajstić information content (AvgIpc) is 2.63. The molecule has 0 atom stereocenters. The van der Waals surface area contributed by atoms with E-state index in [1.165, 1.54) is 0 Å². The molecule has 1 aliphatic heterocycles. The van der Waals surface area contributed by atoms with Gasteiger partial charge in [-0.05, 0) is 43.4 Å². The summed E-state index contributed by atoms with van der Waals surface area (Å²) >= 11 is 0. The molecule has 1 N–H and O–H groups in total. The molecule has 1 aromatic carbocycles. The van der Waals surface area contributed by atoms with Crippen LogP contribution in [0.2, 0.25) is 0 Å². The summed E-state index contributed by atoms with van der Waals surface area (Å²) < 4.78 is 5.12. The zero-order valence-corrected chi connectivity index (χ0v) is 14.0. The number of hydrogen-bond donors (Lipinski definition) is 1. The SMILES string of the molecule is COc1ccc(NC(=O)c2cc(N3CCN(C)CC3)ccn2)cc1. The lowest BCUT2D eigenvalue weighted by atomic mass is 10.2. The minimum atomic E-state index is -0.212. The fourth-order valence-corrected chi connectivity index (χ4v) is 2.67. The first-order valence-corrected chi connectivity index (χ1v) is 8.00. The second-order valence-electron chi connectivity index (χ2n) is 5.87. The van der Waals surface area contributed by atoms with Crippen LogP contribution in [-0.4, -0.2) is 56.1 Å². The van der Waals surface area contributed by atoms with Crippen molar-refractivity contribution in [1.82, 2.24) is 9.88 Å². The molecule has 0 radical (unpaired) electrons. The van der Waals surface area contributed by atoms with Gasteiger partial charge in [-0.2, -0.15) is 0 Å². The number of nitrogens with zero attached hydrogens (tertiary/aromatic N) is 3. The molecular formula is C18H22N4O2. The molecule has 0 aliphatic carbocycles. The number of aromatic nitrogens is 1. The number of nitrogens with one attached hydrogen (secondary N) is 1. The van der Waals surface area contributed by atoms with Crippen molar-refractivity contribution < 1.29 is 9.53 Å². The molecule has 0 unspecified atom stereocenters. The highest BCUT2D eigenvalue weighted by Gasteiger charge is 2.16. The summed E-state index contributed by atoms with van der Waals surface area (Å²) in [6, 6.07) is 11.0. The van der Waals surface area contributed by atoms with Crippen LogP contribution in [0.15, 0.2) is 42.6 Å². The highest BCUT2D eigenvalue weighted by Crippen LogP contribution is 2.19. The Morgan fingerprint density at radius 2 is 1.83 bits per heavy atom. The van der Waals surface area contributed by atoms with Gasteiger partial charge in [-0.25, -0.2) is 0 Å². The van der Waals surface area contributed by atoms with Crippen molar-refractivity contribution in [2.24, 2.45) is 0 Å². The number of rotatable bonds is 4. The van der Waals surface area contributed by atoms with Gasteiger partial charge >= 0.3 is 0 Å². The van der Waals surface area contributed by atoms with Crippen molar-refractivity contribution in [1.29, 1.82) is 0 Å². The number of likely N-dealkylation sites (N-methyl/N-ethyl adjacent to an activating group) is 1. The third kappa shape index (κ3) is 3.83. The van der Waals surface area contributed by atoms with Gasteiger partial charge in [0.1, 0.15) is 11.4 Å². The largest absolute Gasteiger partial charge is 0.497 e. The fourth-order valence-electron chi connectivity index (χ4n) is 2.67. The molecule has 24 heavy (non-hydrogen) atoms. The Kier molecular flexibility index (Phi) is 4.96. The lowest BCUT2D eigenvalue weighted by Gasteiger charge is -2.34. The summed E-state index contributed by atoms with van der Waals surface area (Å²) in [7, 11) is 3.74. The van der Waals surface area contributed by atoms with Gasteiger partial charge in [-0.3, -0.25) is 9.78 Å². The number of carbonyl (C=O) groups excluding carboxylic acids is 1. The Morgan fingerprint density at radius 3 is 2.50 bits per heavy atom. The van der Waals surface area contributed by atoms with Crippen molar-refractivity contribution in [3.8, 4) is 5.75 Å². The van der Waals surface area contributed by atoms with Crippen LogP contribution in [0.1, 0.15) is 10.5 Å². The van der Waals surface area contributed by atoms with Gasteiger partial charge in [0.25, 0.3) is 5.91 Å². The topological polar surface area (TPSA) is 57.7 Å². The molecule has 126 valence electrons. The number of pyridine rings is 1. The lowest BCUT2D eigenvalue weighted by Crippen LogP contribution is -2.44. The van der Waals surface area contributed by atoms with Crippen LogP contribution in [0.4, 0.5) is 11.4 Å². The summed E-state index contributed by atoms with van der Waals surface area (Å²) in [6.07, 6.45) is 1.69. The van der Waals surface area contributed by atoms with Crippen molar-refractivity contribution >= 4 is 17.3 Å². The maximum Gasteiger partial charge on any atom is 0.274 e. The maximum absolute atomic E-state index is 12.4. The molecule has 6 heteroatoms. The standard InChI is InChI=1S/C18H22N4O2/c1-21-9-11-22(12-10-21)15-7-8-19-17(13-15)18(23)20-14-3-5-16(24-2)6-4-14/h3-8,13H,9-12H2,1-2H3,(H,20,23). The summed E-state index contributed by atoms with van der Waals surface area (Å²) in [5.74, 6) is 0.541. The number of anilines is 2. The first kappa shape index (κ1) is 16.3. The maximum atomic E-state index is 12.4. The predicted molar refractivity (Wildman–Crippen MR) is 94.9 cm³/mol. The molecule has 0 spiro atoms. The third-order valence-corrected chi connectivity index (χ3v) is 4.19.